The first-order valence-electron chi connectivity index (χ1n) is 7.67. The Kier molecular flexibility index (Phi) is 8.83. The fourth-order valence-electron chi connectivity index (χ4n) is 1.67. The third-order valence-electron chi connectivity index (χ3n) is 3.39. The maximum Gasteiger partial charge on any atom is 0.409 e. The minimum Gasteiger partial charge on any atom is -0.445 e. The van der Waals surface area contributed by atoms with Crippen molar-refractivity contribution in [2.24, 2.45) is 0 Å². The number of likely N-dealkylation sites (N-methyl/N-ethyl adjacent to an activating group) is 2. The van der Waals surface area contributed by atoms with Gasteiger partial charge in [-0.05, 0) is 31.7 Å². The van der Waals surface area contributed by atoms with Crippen LogP contribution in [0.15, 0.2) is 24.3 Å². The number of anilines is 1. The van der Waals surface area contributed by atoms with E-state index in [-0.39, 0.29) is 12.7 Å². The van der Waals surface area contributed by atoms with Gasteiger partial charge in [-0.2, -0.15) is 0 Å². The van der Waals surface area contributed by atoms with Crippen LogP contribution >= 0.6 is 11.9 Å². The van der Waals surface area contributed by atoms with Crippen LogP contribution in [0, 0.1) is 0 Å². The van der Waals surface area contributed by atoms with E-state index in [0.29, 0.717) is 13.1 Å². The minimum atomic E-state index is -0.530. The lowest BCUT2D eigenvalue weighted by Gasteiger charge is -2.23. The average molecular weight is 341 g/mol. The second-order valence-electron chi connectivity index (χ2n) is 5.32. The molecule has 1 aromatic carbocycles. The Morgan fingerprint density at radius 1 is 1.30 bits per heavy atom. The molecule has 1 atom stereocenters. The average Bonchev–Trinajstić information content (AvgIpc) is 2.55. The van der Waals surface area contributed by atoms with Gasteiger partial charge in [0.15, 0.2) is 0 Å². The molecular formula is C16H27N3O3S. The van der Waals surface area contributed by atoms with E-state index >= 15 is 0 Å². The van der Waals surface area contributed by atoms with Crippen molar-refractivity contribution in [1.29, 1.82) is 0 Å². The molecule has 0 aliphatic heterocycles. The van der Waals surface area contributed by atoms with Crippen molar-refractivity contribution < 1.29 is 14.6 Å². The molecule has 0 aliphatic carbocycles. The summed E-state index contributed by atoms with van der Waals surface area (Å²) in [5, 5.41) is 9.39. The van der Waals surface area contributed by atoms with Crippen molar-refractivity contribution in [3.63, 3.8) is 0 Å². The molecule has 1 aromatic rings. The summed E-state index contributed by atoms with van der Waals surface area (Å²) in [6.45, 7) is 5.10. The fourth-order valence-corrected chi connectivity index (χ4v) is 2.11. The zero-order valence-electron chi connectivity index (χ0n) is 14.3. The molecule has 0 aromatic heterocycles. The van der Waals surface area contributed by atoms with Crippen LogP contribution in [0.3, 0.4) is 0 Å². The summed E-state index contributed by atoms with van der Waals surface area (Å²) in [5.74, 6) is 0.996. The molecule has 0 radical (unpaired) electrons. The van der Waals surface area contributed by atoms with Gasteiger partial charge >= 0.3 is 6.09 Å². The summed E-state index contributed by atoms with van der Waals surface area (Å²) in [4.78, 5) is 15.2. The van der Waals surface area contributed by atoms with Gasteiger partial charge in [-0.25, -0.2) is 4.79 Å². The molecule has 0 saturated carbocycles. The van der Waals surface area contributed by atoms with Crippen LogP contribution in [-0.4, -0.2) is 60.2 Å². The van der Waals surface area contributed by atoms with Gasteiger partial charge in [-0.15, -0.1) is 0 Å². The van der Waals surface area contributed by atoms with Crippen LogP contribution in [-0.2, 0) is 11.3 Å². The number of aliphatic hydroxyl groups excluding tert-OH is 1. The SMILES string of the molecule is CCSNc1ccc(COC(=O)N(C)CCN(C)C(C)O)cc1. The second-order valence-corrected chi connectivity index (χ2v) is 6.39. The number of aliphatic hydroxyl groups is 1. The van der Waals surface area contributed by atoms with E-state index in [2.05, 4.69) is 11.6 Å². The Hall–Kier alpha value is -1.44. The van der Waals surface area contributed by atoms with Crippen LogP contribution in [0.5, 0.6) is 0 Å². The van der Waals surface area contributed by atoms with E-state index in [1.54, 1.807) is 37.9 Å². The highest BCUT2D eigenvalue weighted by molar-refractivity contribution is 8.00. The number of hydrogen-bond acceptors (Lipinski definition) is 6. The van der Waals surface area contributed by atoms with Crippen LogP contribution < -0.4 is 4.72 Å². The molecule has 0 bridgehead atoms. The van der Waals surface area contributed by atoms with Crippen molar-refractivity contribution in [2.45, 2.75) is 26.7 Å². The van der Waals surface area contributed by atoms with Crippen LogP contribution in [0.4, 0.5) is 10.5 Å². The molecule has 6 nitrogen and oxygen atoms in total. The summed E-state index contributed by atoms with van der Waals surface area (Å²) in [6.07, 6.45) is -0.898. The second kappa shape index (κ2) is 10.4. The van der Waals surface area contributed by atoms with Crippen LogP contribution in [0.2, 0.25) is 0 Å². The zero-order valence-corrected chi connectivity index (χ0v) is 15.1. The summed E-state index contributed by atoms with van der Waals surface area (Å²) in [5.41, 5.74) is 1.98. The Bertz CT molecular complexity index is 468. The standard InChI is InChI=1S/C16H27N3O3S/c1-5-23-17-15-8-6-14(7-9-15)12-22-16(21)19(4)11-10-18(3)13(2)20/h6-9,13,17,20H,5,10-12H2,1-4H3. The lowest BCUT2D eigenvalue weighted by molar-refractivity contribution is 0.0314. The minimum absolute atomic E-state index is 0.247. The van der Waals surface area contributed by atoms with Gasteiger partial charge in [0.2, 0.25) is 0 Å². The van der Waals surface area contributed by atoms with E-state index in [4.69, 9.17) is 4.74 Å². The quantitative estimate of drug-likeness (QED) is 0.532. The van der Waals surface area contributed by atoms with Crippen molar-refractivity contribution in [3.8, 4) is 0 Å². The topological polar surface area (TPSA) is 65.0 Å². The van der Waals surface area contributed by atoms with Gasteiger partial charge in [0.05, 0.1) is 0 Å². The molecule has 1 amide bonds. The fraction of sp³-hybridized carbons (Fsp3) is 0.562. The molecule has 2 N–H and O–H groups in total. The molecule has 0 saturated heterocycles. The van der Waals surface area contributed by atoms with Crippen molar-refractivity contribution in [3.05, 3.63) is 29.8 Å². The molecule has 23 heavy (non-hydrogen) atoms. The van der Waals surface area contributed by atoms with E-state index < -0.39 is 6.23 Å². The van der Waals surface area contributed by atoms with Gasteiger partial charge in [0.1, 0.15) is 12.8 Å². The molecule has 130 valence electrons. The molecule has 1 rings (SSSR count). The van der Waals surface area contributed by atoms with E-state index in [1.165, 1.54) is 4.90 Å². The number of amides is 1. The van der Waals surface area contributed by atoms with E-state index in [0.717, 1.165) is 17.0 Å². The number of nitrogens with zero attached hydrogens (tertiary/aromatic N) is 2. The number of carbonyl (C=O) groups is 1. The highest BCUT2D eigenvalue weighted by Crippen LogP contribution is 2.14. The number of benzene rings is 1. The third-order valence-corrected chi connectivity index (χ3v) is 4.06. The predicted molar refractivity (Wildman–Crippen MR) is 95.3 cm³/mol. The maximum absolute atomic E-state index is 11.9. The lowest BCUT2D eigenvalue weighted by Crippen LogP contribution is -2.38. The first-order chi connectivity index (χ1) is 10.9. The Morgan fingerprint density at radius 2 is 1.96 bits per heavy atom. The third kappa shape index (κ3) is 7.58. The van der Waals surface area contributed by atoms with E-state index in [9.17, 15) is 9.90 Å². The van der Waals surface area contributed by atoms with Crippen LogP contribution in [0.1, 0.15) is 19.4 Å². The highest BCUT2D eigenvalue weighted by atomic mass is 32.2. The molecule has 0 aliphatic rings. The molecular weight excluding hydrogens is 314 g/mol. The van der Waals surface area contributed by atoms with Gasteiger partial charge in [-0.1, -0.05) is 31.0 Å². The lowest BCUT2D eigenvalue weighted by atomic mass is 10.2. The Labute approximate surface area is 142 Å². The van der Waals surface area contributed by atoms with Gasteiger partial charge in [-0.3, -0.25) is 4.90 Å². The van der Waals surface area contributed by atoms with Gasteiger partial charge < -0.3 is 19.5 Å². The zero-order chi connectivity index (χ0) is 17.2. The largest absolute Gasteiger partial charge is 0.445 e. The number of carbonyl (C=O) groups excluding carboxylic acids is 1. The van der Waals surface area contributed by atoms with Gasteiger partial charge in [0.25, 0.3) is 0 Å². The van der Waals surface area contributed by atoms with Crippen molar-refractivity contribution in [1.82, 2.24) is 9.80 Å². The first-order valence-corrected chi connectivity index (χ1v) is 8.65. The van der Waals surface area contributed by atoms with Crippen molar-refractivity contribution >= 4 is 23.7 Å². The monoisotopic (exact) mass is 341 g/mol. The van der Waals surface area contributed by atoms with Gasteiger partial charge in [0, 0.05) is 31.6 Å². The Morgan fingerprint density at radius 3 is 2.52 bits per heavy atom. The molecule has 0 spiro atoms. The summed E-state index contributed by atoms with van der Waals surface area (Å²) >= 11 is 1.64. The molecule has 0 heterocycles. The first kappa shape index (κ1) is 19.6. The predicted octanol–water partition coefficient (Wildman–Crippen LogP) is 2.61. The Balaban J connectivity index is 2.34. The van der Waals surface area contributed by atoms with E-state index in [1.807, 2.05) is 24.3 Å². The summed E-state index contributed by atoms with van der Waals surface area (Å²) in [7, 11) is 3.49. The van der Waals surface area contributed by atoms with Crippen molar-refractivity contribution in [2.75, 3.05) is 37.7 Å². The molecule has 7 heteroatoms. The smallest absolute Gasteiger partial charge is 0.409 e. The normalized spacial score (nSPS) is 12.1. The number of hydrogen-bond donors (Lipinski definition) is 2. The number of nitrogens with one attached hydrogen (secondary N) is 1. The summed E-state index contributed by atoms with van der Waals surface area (Å²) in [6, 6.07) is 7.81. The molecule has 1 unspecified atom stereocenters. The number of ether oxygens (including phenoxy) is 1. The van der Waals surface area contributed by atoms with Crippen LogP contribution in [0.25, 0.3) is 0 Å². The highest BCUT2D eigenvalue weighted by Gasteiger charge is 2.12. The summed E-state index contributed by atoms with van der Waals surface area (Å²) < 4.78 is 8.50. The maximum atomic E-state index is 11.9. The molecule has 0 fully saturated rings. The number of rotatable bonds is 9.